The van der Waals surface area contributed by atoms with Gasteiger partial charge in [0.2, 0.25) is 0 Å². The number of rotatable bonds is 6. The molecule has 0 amide bonds. The lowest BCUT2D eigenvalue weighted by atomic mass is 10.00. The van der Waals surface area contributed by atoms with Gasteiger partial charge in [0.1, 0.15) is 5.82 Å². The van der Waals surface area contributed by atoms with E-state index in [1.165, 1.54) is 12.1 Å². The third-order valence-corrected chi connectivity index (χ3v) is 4.74. The monoisotopic (exact) mass is 356 g/mol. The summed E-state index contributed by atoms with van der Waals surface area (Å²) in [6.45, 7) is 9.81. The van der Waals surface area contributed by atoms with Crippen LogP contribution >= 0.6 is 11.6 Å². The van der Waals surface area contributed by atoms with Gasteiger partial charge in [0.05, 0.1) is 13.0 Å². The first-order valence-electron chi connectivity index (χ1n) is 8.51. The highest BCUT2D eigenvalue weighted by Crippen LogP contribution is 2.30. The van der Waals surface area contributed by atoms with Gasteiger partial charge in [-0.25, -0.2) is 4.39 Å². The third kappa shape index (κ3) is 4.91. The highest BCUT2D eigenvalue weighted by Gasteiger charge is 2.30. The van der Waals surface area contributed by atoms with Crippen LogP contribution in [-0.2, 0) is 9.53 Å². The van der Waals surface area contributed by atoms with Crippen molar-refractivity contribution < 1.29 is 13.9 Å². The van der Waals surface area contributed by atoms with Crippen LogP contribution in [0.1, 0.15) is 38.8 Å². The Labute approximate surface area is 148 Å². The molecule has 1 heterocycles. The fraction of sp³-hybridized carbons (Fsp3) is 0.611. The third-order valence-electron chi connectivity index (χ3n) is 4.50. The van der Waals surface area contributed by atoms with Gasteiger partial charge in [0, 0.05) is 48.8 Å². The molecule has 24 heavy (non-hydrogen) atoms. The molecule has 1 aromatic rings. The summed E-state index contributed by atoms with van der Waals surface area (Å²) in [6.07, 6.45) is 0.132. The molecule has 0 aliphatic carbocycles. The molecule has 1 unspecified atom stereocenters. The molecule has 1 aliphatic heterocycles. The van der Waals surface area contributed by atoms with Crippen molar-refractivity contribution in [2.24, 2.45) is 0 Å². The molecule has 1 fully saturated rings. The van der Waals surface area contributed by atoms with Crippen LogP contribution in [0.5, 0.6) is 0 Å². The van der Waals surface area contributed by atoms with Crippen LogP contribution in [0.2, 0.25) is 5.02 Å². The first-order chi connectivity index (χ1) is 11.4. The van der Waals surface area contributed by atoms with E-state index < -0.39 is 0 Å². The minimum absolute atomic E-state index is 0.132. The second-order valence-corrected chi connectivity index (χ2v) is 6.79. The minimum atomic E-state index is -0.350. The van der Waals surface area contributed by atoms with E-state index in [0.29, 0.717) is 23.2 Å². The Kier molecular flexibility index (Phi) is 7.02. The van der Waals surface area contributed by atoms with E-state index in [4.69, 9.17) is 16.3 Å². The van der Waals surface area contributed by atoms with Crippen LogP contribution in [0.15, 0.2) is 18.2 Å². The second kappa shape index (κ2) is 8.79. The van der Waals surface area contributed by atoms with Crippen molar-refractivity contribution in [1.82, 2.24) is 9.80 Å². The molecule has 6 heteroatoms. The van der Waals surface area contributed by atoms with Gasteiger partial charge >= 0.3 is 5.97 Å². The molecule has 1 atom stereocenters. The zero-order valence-electron chi connectivity index (χ0n) is 14.6. The fourth-order valence-corrected chi connectivity index (χ4v) is 3.33. The van der Waals surface area contributed by atoms with E-state index in [1.807, 2.05) is 0 Å². The quantitative estimate of drug-likeness (QED) is 0.730. The number of hydrogen-bond acceptors (Lipinski definition) is 4. The van der Waals surface area contributed by atoms with Crippen molar-refractivity contribution in [2.75, 3.05) is 32.8 Å². The summed E-state index contributed by atoms with van der Waals surface area (Å²) in [7, 11) is 0. The molecule has 0 N–H and O–H groups in total. The standard InChI is InChI=1S/C18H26ClFN2O2/c1-4-24-18(23)12-17(15-11-14(19)5-6-16(15)20)22-9-7-21(8-10-22)13(2)3/h5-6,11,13,17H,4,7-10,12H2,1-3H3. The summed E-state index contributed by atoms with van der Waals surface area (Å²) in [5, 5.41) is 0.473. The lowest BCUT2D eigenvalue weighted by Crippen LogP contribution is -2.50. The fourth-order valence-electron chi connectivity index (χ4n) is 3.15. The van der Waals surface area contributed by atoms with Crippen LogP contribution in [-0.4, -0.2) is 54.6 Å². The molecule has 1 aromatic carbocycles. The zero-order chi connectivity index (χ0) is 17.7. The van der Waals surface area contributed by atoms with Gasteiger partial charge in [0.15, 0.2) is 0 Å². The van der Waals surface area contributed by atoms with Crippen molar-refractivity contribution in [1.29, 1.82) is 0 Å². The van der Waals surface area contributed by atoms with Gasteiger partial charge in [-0.2, -0.15) is 0 Å². The Morgan fingerprint density at radius 3 is 2.46 bits per heavy atom. The summed E-state index contributed by atoms with van der Waals surface area (Å²) < 4.78 is 19.5. The van der Waals surface area contributed by atoms with E-state index in [2.05, 4.69) is 23.6 Å². The molecule has 0 bridgehead atoms. The van der Waals surface area contributed by atoms with Gasteiger partial charge in [-0.1, -0.05) is 11.6 Å². The summed E-state index contributed by atoms with van der Waals surface area (Å²) >= 11 is 6.05. The predicted molar refractivity (Wildman–Crippen MR) is 93.7 cm³/mol. The molecule has 2 rings (SSSR count). The molecule has 0 aromatic heterocycles. The molecule has 0 radical (unpaired) electrons. The molecule has 0 spiro atoms. The average molecular weight is 357 g/mol. The largest absolute Gasteiger partial charge is 0.466 e. The highest BCUT2D eigenvalue weighted by molar-refractivity contribution is 6.30. The van der Waals surface area contributed by atoms with Crippen molar-refractivity contribution in [2.45, 2.75) is 39.3 Å². The number of nitrogens with zero attached hydrogens (tertiary/aromatic N) is 2. The maximum atomic E-state index is 14.4. The number of benzene rings is 1. The topological polar surface area (TPSA) is 32.8 Å². The van der Waals surface area contributed by atoms with Crippen molar-refractivity contribution in [3.8, 4) is 0 Å². The van der Waals surface area contributed by atoms with Crippen LogP contribution in [0.3, 0.4) is 0 Å². The number of halogens is 2. The molecule has 134 valence electrons. The average Bonchev–Trinajstić information content (AvgIpc) is 2.55. The lowest BCUT2D eigenvalue weighted by Gasteiger charge is -2.40. The lowest BCUT2D eigenvalue weighted by molar-refractivity contribution is -0.144. The maximum absolute atomic E-state index is 14.4. The SMILES string of the molecule is CCOC(=O)CC(c1cc(Cl)ccc1F)N1CCN(C(C)C)CC1. The normalized spacial score (nSPS) is 17.9. The molecule has 4 nitrogen and oxygen atoms in total. The van der Waals surface area contributed by atoms with Gasteiger partial charge in [0.25, 0.3) is 0 Å². The van der Waals surface area contributed by atoms with Crippen molar-refractivity contribution in [3.05, 3.63) is 34.6 Å². The summed E-state index contributed by atoms with van der Waals surface area (Å²) in [5.41, 5.74) is 0.466. The number of carbonyl (C=O) groups excluding carboxylic acids is 1. The molecule has 1 aliphatic rings. The molecule has 1 saturated heterocycles. The predicted octanol–water partition coefficient (Wildman–Crippen LogP) is 3.50. The van der Waals surface area contributed by atoms with E-state index in [-0.39, 0.29) is 24.2 Å². The molecule has 0 saturated carbocycles. The van der Waals surface area contributed by atoms with Crippen molar-refractivity contribution in [3.63, 3.8) is 0 Å². The zero-order valence-corrected chi connectivity index (χ0v) is 15.4. The number of piperazine rings is 1. The van der Waals surface area contributed by atoms with Crippen molar-refractivity contribution >= 4 is 17.6 Å². The van der Waals surface area contributed by atoms with Crippen LogP contribution < -0.4 is 0 Å². The van der Waals surface area contributed by atoms with E-state index in [0.717, 1.165) is 26.2 Å². The van der Waals surface area contributed by atoms with Crippen LogP contribution in [0.25, 0.3) is 0 Å². The Morgan fingerprint density at radius 2 is 1.88 bits per heavy atom. The van der Waals surface area contributed by atoms with Gasteiger partial charge in [-0.15, -0.1) is 0 Å². The van der Waals surface area contributed by atoms with E-state index in [9.17, 15) is 9.18 Å². The Morgan fingerprint density at radius 1 is 1.25 bits per heavy atom. The smallest absolute Gasteiger partial charge is 0.307 e. The van der Waals surface area contributed by atoms with Gasteiger partial charge in [-0.3, -0.25) is 14.6 Å². The maximum Gasteiger partial charge on any atom is 0.307 e. The Hall–Kier alpha value is -1.17. The minimum Gasteiger partial charge on any atom is -0.466 e. The summed E-state index contributed by atoms with van der Waals surface area (Å²) in [6, 6.07) is 4.64. The van der Waals surface area contributed by atoms with Crippen LogP contribution in [0.4, 0.5) is 4.39 Å². The number of esters is 1. The molecular weight excluding hydrogens is 331 g/mol. The Balaban J connectivity index is 2.20. The van der Waals surface area contributed by atoms with Gasteiger partial charge < -0.3 is 4.74 Å². The highest BCUT2D eigenvalue weighted by atomic mass is 35.5. The number of hydrogen-bond donors (Lipinski definition) is 0. The van der Waals surface area contributed by atoms with E-state index in [1.54, 1.807) is 13.0 Å². The molecular formula is C18H26ClFN2O2. The van der Waals surface area contributed by atoms with Crippen LogP contribution in [0, 0.1) is 5.82 Å². The van der Waals surface area contributed by atoms with Gasteiger partial charge in [-0.05, 0) is 39.0 Å². The summed E-state index contributed by atoms with van der Waals surface area (Å²) in [4.78, 5) is 16.6. The first-order valence-corrected chi connectivity index (χ1v) is 8.88. The number of carbonyl (C=O) groups is 1. The second-order valence-electron chi connectivity index (χ2n) is 6.36. The number of ether oxygens (including phenoxy) is 1. The Bertz CT molecular complexity index is 560. The summed E-state index contributed by atoms with van der Waals surface area (Å²) in [5.74, 6) is -0.645. The van der Waals surface area contributed by atoms with E-state index >= 15 is 0 Å². The first kappa shape index (κ1) is 19.2.